The highest BCUT2D eigenvalue weighted by Gasteiger charge is 2.26. The molecule has 0 unspecified atom stereocenters. The number of aryl methyl sites for hydroxylation is 2. The van der Waals surface area contributed by atoms with Gasteiger partial charge >= 0.3 is 0 Å². The van der Waals surface area contributed by atoms with E-state index in [9.17, 15) is 10.2 Å². The highest BCUT2D eigenvalue weighted by Crippen LogP contribution is 2.46. The molecule has 2 rings (SSSR count). The van der Waals surface area contributed by atoms with Gasteiger partial charge in [-0.25, -0.2) is 0 Å². The molecule has 0 saturated carbocycles. The third-order valence-electron chi connectivity index (χ3n) is 7.94. The fourth-order valence-electron chi connectivity index (χ4n) is 5.23. The van der Waals surface area contributed by atoms with Gasteiger partial charge in [0.2, 0.25) is 0 Å². The first-order valence-electron chi connectivity index (χ1n) is 14.9. The minimum absolute atomic E-state index is 0.0409. The van der Waals surface area contributed by atoms with E-state index in [1.807, 2.05) is 0 Å². The van der Waals surface area contributed by atoms with Crippen LogP contribution >= 0.6 is 11.8 Å². The number of hydrogen-bond donors (Lipinski definition) is 2. The molecule has 0 radical (unpaired) electrons. The molecule has 2 nitrogen and oxygen atoms in total. The molecule has 3 heteroatoms. The van der Waals surface area contributed by atoms with Crippen LogP contribution in [0, 0.1) is 0 Å². The lowest BCUT2D eigenvalue weighted by Gasteiger charge is -2.28. The van der Waals surface area contributed by atoms with Crippen molar-refractivity contribution in [2.24, 2.45) is 0 Å². The highest BCUT2D eigenvalue weighted by molar-refractivity contribution is 7.99. The van der Waals surface area contributed by atoms with Crippen LogP contribution in [0.5, 0.6) is 11.5 Å². The first-order chi connectivity index (χ1) is 17.5. The summed E-state index contributed by atoms with van der Waals surface area (Å²) < 4.78 is 0. The first kappa shape index (κ1) is 31.6. The number of benzene rings is 2. The second-order valence-corrected chi connectivity index (χ2v) is 13.3. The zero-order valence-electron chi connectivity index (χ0n) is 25.1. The average Bonchev–Trinajstić information content (AvgIpc) is 2.84. The van der Waals surface area contributed by atoms with Gasteiger partial charge in [-0.2, -0.15) is 0 Å². The monoisotopic (exact) mass is 526 g/mol. The predicted octanol–water partition coefficient (Wildman–Crippen LogP) is 10.9. The predicted molar refractivity (Wildman–Crippen MR) is 163 cm³/mol. The largest absolute Gasteiger partial charge is 0.506 e. The molecule has 0 fully saturated rings. The molecule has 0 heterocycles. The number of phenols is 2. The zero-order valence-corrected chi connectivity index (χ0v) is 25.9. The Morgan fingerprint density at radius 2 is 0.946 bits per heavy atom. The van der Waals surface area contributed by atoms with Gasteiger partial charge in [-0.15, -0.1) is 0 Å². The molecule has 0 spiro atoms. The van der Waals surface area contributed by atoms with Gasteiger partial charge in [-0.1, -0.05) is 131 Å². The molecule has 0 atom stereocenters. The summed E-state index contributed by atoms with van der Waals surface area (Å²) in [6, 6.07) is 8.82. The van der Waals surface area contributed by atoms with E-state index in [2.05, 4.69) is 79.7 Å². The van der Waals surface area contributed by atoms with Crippen LogP contribution in [-0.2, 0) is 23.7 Å². The van der Waals surface area contributed by atoms with Crippen molar-refractivity contribution in [3.8, 4) is 11.5 Å². The minimum Gasteiger partial charge on any atom is -0.506 e. The lowest BCUT2D eigenvalue weighted by Crippen LogP contribution is -2.18. The number of aromatic hydroxyl groups is 2. The normalized spacial score (nSPS) is 12.3. The summed E-state index contributed by atoms with van der Waals surface area (Å²) >= 11 is 1.54. The van der Waals surface area contributed by atoms with Crippen molar-refractivity contribution in [3.63, 3.8) is 0 Å². The molecule has 0 aliphatic carbocycles. The van der Waals surface area contributed by atoms with E-state index in [1.165, 1.54) is 61.4 Å². The Morgan fingerprint density at radius 1 is 0.568 bits per heavy atom. The van der Waals surface area contributed by atoms with Gasteiger partial charge in [0.25, 0.3) is 0 Å². The second kappa shape index (κ2) is 14.5. The van der Waals surface area contributed by atoms with Crippen molar-refractivity contribution in [2.45, 2.75) is 153 Å². The topological polar surface area (TPSA) is 40.5 Å². The standard InChI is InChI=1S/C34H54O2S/c1-9-13-15-19-33(5,6)27-21-25(17-11-3)31(35)29(23-27)37-30-24-28(22-26(18-12-4)32(30)36)34(7,8)20-16-14-10-2/h21-24,35-36H,9-20H2,1-8H3. The molecule has 0 saturated heterocycles. The summed E-state index contributed by atoms with van der Waals surface area (Å²) in [5.41, 5.74) is 4.71. The second-order valence-electron chi connectivity index (χ2n) is 12.2. The molecule has 37 heavy (non-hydrogen) atoms. The molecule has 2 aromatic rings. The number of rotatable bonds is 16. The highest BCUT2D eigenvalue weighted by atomic mass is 32.2. The number of hydrogen-bond acceptors (Lipinski definition) is 3. The van der Waals surface area contributed by atoms with Gasteiger partial charge in [0.15, 0.2) is 0 Å². The fourth-order valence-corrected chi connectivity index (χ4v) is 6.29. The first-order valence-corrected chi connectivity index (χ1v) is 15.7. The third-order valence-corrected chi connectivity index (χ3v) is 9.00. The molecule has 0 amide bonds. The molecule has 2 N–H and O–H groups in total. The van der Waals surface area contributed by atoms with Crippen LogP contribution in [0.3, 0.4) is 0 Å². The molecule has 2 aromatic carbocycles. The van der Waals surface area contributed by atoms with E-state index in [0.717, 1.165) is 59.4 Å². The number of phenolic OH excluding ortho intramolecular Hbond substituents is 2. The van der Waals surface area contributed by atoms with Gasteiger partial charge in [0.1, 0.15) is 11.5 Å². The van der Waals surface area contributed by atoms with Crippen LogP contribution in [0.1, 0.15) is 142 Å². The van der Waals surface area contributed by atoms with Gasteiger partial charge in [-0.3, -0.25) is 0 Å². The van der Waals surface area contributed by atoms with Crippen molar-refractivity contribution in [2.75, 3.05) is 0 Å². The lowest BCUT2D eigenvalue weighted by atomic mass is 9.79. The molecule has 0 bridgehead atoms. The van der Waals surface area contributed by atoms with E-state index in [0.29, 0.717) is 11.5 Å². The van der Waals surface area contributed by atoms with E-state index in [-0.39, 0.29) is 10.8 Å². The zero-order chi connectivity index (χ0) is 27.6. The third kappa shape index (κ3) is 8.70. The molecule has 208 valence electrons. The van der Waals surface area contributed by atoms with Crippen LogP contribution in [0.2, 0.25) is 0 Å². The van der Waals surface area contributed by atoms with Crippen LogP contribution in [0.25, 0.3) is 0 Å². The van der Waals surface area contributed by atoms with Crippen molar-refractivity contribution >= 4 is 11.8 Å². The molecular weight excluding hydrogens is 472 g/mol. The quantitative estimate of drug-likeness (QED) is 0.214. The Kier molecular flexibility index (Phi) is 12.4. The fraction of sp³-hybridized carbons (Fsp3) is 0.647. The Bertz CT molecular complexity index is 910. The van der Waals surface area contributed by atoms with Crippen molar-refractivity contribution < 1.29 is 10.2 Å². The van der Waals surface area contributed by atoms with Crippen LogP contribution < -0.4 is 0 Å². The summed E-state index contributed by atoms with van der Waals surface area (Å²) in [4.78, 5) is 1.73. The SMILES string of the molecule is CCCCCC(C)(C)c1cc(CCC)c(O)c(Sc2cc(C(C)(C)CCCCC)cc(CCC)c2O)c1. The smallest absolute Gasteiger partial charge is 0.132 e. The van der Waals surface area contributed by atoms with Gasteiger partial charge in [0, 0.05) is 0 Å². The Balaban J connectivity index is 2.56. The Labute approximate surface area is 232 Å². The molecule has 0 aliphatic rings. The minimum atomic E-state index is 0.0409. The Morgan fingerprint density at radius 3 is 1.27 bits per heavy atom. The van der Waals surface area contributed by atoms with E-state index < -0.39 is 0 Å². The van der Waals surface area contributed by atoms with Crippen molar-refractivity contribution in [1.29, 1.82) is 0 Å². The molecule has 0 aromatic heterocycles. The maximum Gasteiger partial charge on any atom is 0.132 e. The van der Waals surface area contributed by atoms with Crippen molar-refractivity contribution in [3.05, 3.63) is 46.5 Å². The summed E-state index contributed by atoms with van der Waals surface area (Å²) in [5, 5.41) is 22.6. The summed E-state index contributed by atoms with van der Waals surface area (Å²) in [6.45, 7) is 18.1. The van der Waals surface area contributed by atoms with Gasteiger partial charge < -0.3 is 10.2 Å². The Hall–Kier alpha value is -1.61. The molecular formula is C34H54O2S. The van der Waals surface area contributed by atoms with Crippen LogP contribution in [0.4, 0.5) is 0 Å². The van der Waals surface area contributed by atoms with E-state index in [4.69, 9.17) is 0 Å². The van der Waals surface area contributed by atoms with Crippen LogP contribution in [0.15, 0.2) is 34.1 Å². The van der Waals surface area contributed by atoms with Crippen LogP contribution in [-0.4, -0.2) is 10.2 Å². The van der Waals surface area contributed by atoms with E-state index >= 15 is 0 Å². The lowest BCUT2D eigenvalue weighted by molar-refractivity contribution is 0.436. The summed E-state index contributed by atoms with van der Waals surface area (Å²) in [6.07, 6.45) is 13.3. The number of unbranched alkanes of at least 4 members (excludes halogenated alkanes) is 4. The van der Waals surface area contributed by atoms with Gasteiger partial charge in [0.05, 0.1) is 9.79 Å². The maximum atomic E-state index is 11.3. The summed E-state index contributed by atoms with van der Waals surface area (Å²) in [5.74, 6) is 0.757. The van der Waals surface area contributed by atoms with Gasteiger partial charge in [-0.05, 0) is 70.9 Å². The van der Waals surface area contributed by atoms with Crippen molar-refractivity contribution in [1.82, 2.24) is 0 Å². The van der Waals surface area contributed by atoms with E-state index in [1.54, 1.807) is 0 Å². The average molecular weight is 527 g/mol. The molecule has 0 aliphatic heterocycles. The summed E-state index contributed by atoms with van der Waals surface area (Å²) in [7, 11) is 0. The maximum absolute atomic E-state index is 11.3.